The van der Waals surface area contributed by atoms with Crippen molar-refractivity contribution in [2.75, 3.05) is 32.8 Å². The van der Waals surface area contributed by atoms with Crippen LogP contribution in [0.5, 0.6) is 0 Å². The van der Waals surface area contributed by atoms with E-state index in [0.717, 1.165) is 41.4 Å². The first-order valence-electron chi connectivity index (χ1n) is 9.88. The van der Waals surface area contributed by atoms with Crippen LogP contribution in [0.3, 0.4) is 0 Å². The Bertz CT molecular complexity index is 838. The van der Waals surface area contributed by atoms with E-state index in [0.29, 0.717) is 39.2 Å². The Labute approximate surface area is 159 Å². The summed E-state index contributed by atoms with van der Waals surface area (Å²) in [5.74, 6) is 0.226. The normalized spacial score (nSPS) is 20.9. The van der Waals surface area contributed by atoms with Crippen molar-refractivity contribution >= 4 is 22.7 Å². The Morgan fingerprint density at radius 1 is 1.11 bits per heavy atom. The Balaban J connectivity index is 1.40. The monoisotopic (exact) mass is 369 g/mol. The van der Waals surface area contributed by atoms with Gasteiger partial charge in [0.15, 0.2) is 0 Å². The molecule has 144 valence electrons. The number of hydrogen-bond acceptors (Lipinski definition) is 3. The number of hydrogen-bond donors (Lipinski definition) is 1. The highest BCUT2D eigenvalue weighted by atomic mass is 16.5. The predicted octanol–water partition coefficient (Wildman–Crippen LogP) is 2.26. The van der Waals surface area contributed by atoms with Gasteiger partial charge in [0.25, 0.3) is 5.91 Å². The number of carbonyl (C=O) groups excluding carboxylic acids is 2. The van der Waals surface area contributed by atoms with E-state index in [2.05, 4.69) is 11.1 Å². The van der Waals surface area contributed by atoms with Gasteiger partial charge in [0, 0.05) is 49.4 Å². The van der Waals surface area contributed by atoms with Crippen molar-refractivity contribution in [1.29, 1.82) is 0 Å². The summed E-state index contributed by atoms with van der Waals surface area (Å²) < 4.78 is 5.53. The lowest BCUT2D eigenvalue weighted by Gasteiger charge is -2.24. The van der Waals surface area contributed by atoms with Crippen molar-refractivity contribution in [1.82, 2.24) is 14.8 Å². The predicted molar refractivity (Wildman–Crippen MR) is 103 cm³/mol. The molecule has 2 fully saturated rings. The lowest BCUT2D eigenvalue weighted by molar-refractivity contribution is -0.141. The van der Waals surface area contributed by atoms with Crippen LogP contribution in [-0.4, -0.2) is 65.5 Å². The molecule has 2 aliphatic rings. The van der Waals surface area contributed by atoms with Crippen LogP contribution < -0.4 is 0 Å². The molecule has 0 spiro atoms. The zero-order valence-electron chi connectivity index (χ0n) is 15.9. The van der Waals surface area contributed by atoms with Crippen LogP contribution in [0.1, 0.15) is 30.5 Å². The number of amides is 2. The van der Waals surface area contributed by atoms with Crippen molar-refractivity contribution < 1.29 is 14.3 Å². The summed E-state index contributed by atoms with van der Waals surface area (Å²) >= 11 is 0. The largest absolute Gasteiger partial charge is 0.368 e. The van der Waals surface area contributed by atoms with Gasteiger partial charge in [-0.2, -0.15) is 0 Å². The molecule has 1 aromatic heterocycles. The topological polar surface area (TPSA) is 65.6 Å². The summed E-state index contributed by atoms with van der Waals surface area (Å²) in [6, 6.07) is 8.10. The first kappa shape index (κ1) is 18.0. The minimum absolute atomic E-state index is 0.0919. The molecule has 1 unspecified atom stereocenters. The number of para-hydroxylation sites is 1. The molecule has 1 N–H and O–H groups in total. The highest BCUT2D eigenvalue weighted by molar-refractivity contribution is 5.90. The SMILES string of the molecule is Cc1[nH]c2ccccc2c1CC(=O)N1CCCN(C(=O)C2CCCO2)CC1. The fourth-order valence-corrected chi connectivity index (χ4v) is 4.19. The summed E-state index contributed by atoms with van der Waals surface area (Å²) in [5.41, 5.74) is 3.20. The van der Waals surface area contributed by atoms with Gasteiger partial charge in [0.1, 0.15) is 6.10 Å². The third-order valence-corrected chi connectivity index (χ3v) is 5.72. The van der Waals surface area contributed by atoms with E-state index < -0.39 is 0 Å². The molecule has 2 amide bonds. The van der Waals surface area contributed by atoms with Crippen LogP contribution >= 0.6 is 0 Å². The molecule has 6 heteroatoms. The number of rotatable bonds is 3. The van der Waals surface area contributed by atoms with Gasteiger partial charge in [-0.25, -0.2) is 0 Å². The molecular formula is C21H27N3O3. The average Bonchev–Trinajstić information content (AvgIpc) is 3.23. The summed E-state index contributed by atoms with van der Waals surface area (Å²) in [6.07, 6.45) is 2.71. The first-order valence-corrected chi connectivity index (χ1v) is 9.88. The second kappa shape index (κ2) is 7.72. The zero-order chi connectivity index (χ0) is 18.8. The number of nitrogens with zero attached hydrogens (tertiary/aromatic N) is 2. The van der Waals surface area contributed by atoms with Gasteiger partial charge in [-0.05, 0) is 37.8 Å². The maximum absolute atomic E-state index is 12.9. The molecule has 2 aromatic rings. The number of aryl methyl sites for hydroxylation is 1. The molecule has 3 heterocycles. The van der Waals surface area contributed by atoms with Gasteiger partial charge >= 0.3 is 0 Å². The Hall–Kier alpha value is -2.34. The van der Waals surface area contributed by atoms with Crippen LogP contribution in [-0.2, 0) is 20.7 Å². The number of H-pyrrole nitrogens is 1. The number of fused-ring (bicyclic) bond motifs is 1. The molecule has 6 nitrogen and oxygen atoms in total. The van der Waals surface area contributed by atoms with Crippen molar-refractivity contribution in [2.45, 2.75) is 38.7 Å². The molecule has 0 aliphatic carbocycles. The third kappa shape index (κ3) is 3.72. The van der Waals surface area contributed by atoms with E-state index in [1.165, 1.54) is 0 Å². The van der Waals surface area contributed by atoms with E-state index in [9.17, 15) is 9.59 Å². The quantitative estimate of drug-likeness (QED) is 0.903. The number of nitrogens with one attached hydrogen (secondary N) is 1. The minimum atomic E-state index is -0.277. The fourth-order valence-electron chi connectivity index (χ4n) is 4.19. The molecule has 1 atom stereocenters. The fraction of sp³-hybridized carbons (Fsp3) is 0.524. The van der Waals surface area contributed by atoms with Crippen LogP contribution in [0.4, 0.5) is 0 Å². The summed E-state index contributed by atoms with van der Waals surface area (Å²) in [4.78, 5) is 32.6. The smallest absolute Gasteiger partial charge is 0.251 e. The van der Waals surface area contributed by atoms with Crippen LogP contribution in [0, 0.1) is 6.92 Å². The Morgan fingerprint density at radius 3 is 2.70 bits per heavy atom. The van der Waals surface area contributed by atoms with Crippen LogP contribution in [0.15, 0.2) is 24.3 Å². The third-order valence-electron chi connectivity index (χ3n) is 5.72. The van der Waals surface area contributed by atoms with Crippen molar-refractivity contribution in [3.8, 4) is 0 Å². The average molecular weight is 369 g/mol. The number of aromatic nitrogens is 1. The molecule has 2 aliphatic heterocycles. The van der Waals surface area contributed by atoms with Crippen molar-refractivity contribution in [2.24, 2.45) is 0 Å². The van der Waals surface area contributed by atoms with E-state index >= 15 is 0 Å². The highest BCUT2D eigenvalue weighted by Gasteiger charge is 2.30. The number of carbonyl (C=O) groups is 2. The van der Waals surface area contributed by atoms with Crippen LogP contribution in [0.25, 0.3) is 10.9 Å². The standard InChI is InChI=1S/C21H27N3O3/c1-15-17(16-6-2-3-7-18(16)22-15)14-20(25)23-9-5-10-24(12-11-23)21(26)19-8-4-13-27-19/h2-3,6-7,19,22H,4-5,8-14H2,1H3. The lowest BCUT2D eigenvalue weighted by Crippen LogP contribution is -2.42. The summed E-state index contributed by atoms with van der Waals surface area (Å²) in [6.45, 7) is 5.30. The van der Waals surface area contributed by atoms with Gasteiger partial charge in [-0.15, -0.1) is 0 Å². The molecule has 0 radical (unpaired) electrons. The number of ether oxygens (including phenoxy) is 1. The van der Waals surface area contributed by atoms with Crippen molar-refractivity contribution in [3.63, 3.8) is 0 Å². The van der Waals surface area contributed by atoms with Gasteiger partial charge < -0.3 is 19.5 Å². The number of aromatic amines is 1. The van der Waals surface area contributed by atoms with E-state index in [1.807, 2.05) is 34.9 Å². The van der Waals surface area contributed by atoms with Gasteiger partial charge in [-0.1, -0.05) is 18.2 Å². The van der Waals surface area contributed by atoms with E-state index in [1.54, 1.807) is 0 Å². The zero-order valence-corrected chi connectivity index (χ0v) is 15.9. The molecule has 0 bridgehead atoms. The first-order chi connectivity index (χ1) is 13.1. The summed E-state index contributed by atoms with van der Waals surface area (Å²) in [7, 11) is 0. The maximum Gasteiger partial charge on any atom is 0.251 e. The molecule has 4 rings (SSSR count). The maximum atomic E-state index is 12.9. The molecule has 0 saturated carbocycles. The van der Waals surface area contributed by atoms with E-state index in [-0.39, 0.29) is 17.9 Å². The molecule has 2 saturated heterocycles. The second-order valence-corrected chi connectivity index (χ2v) is 7.51. The second-order valence-electron chi connectivity index (χ2n) is 7.51. The molecule has 27 heavy (non-hydrogen) atoms. The van der Waals surface area contributed by atoms with Crippen LogP contribution in [0.2, 0.25) is 0 Å². The molecular weight excluding hydrogens is 342 g/mol. The lowest BCUT2D eigenvalue weighted by atomic mass is 10.1. The van der Waals surface area contributed by atoms with Gasteiger partial charge in [-0.3, -0.25) is 9.59 Å². The van der Waals surface area contributed by atoms with E-state index in [4.69, 9.17) is 4.74 Å². The Morgan fingerprint density at radius 2 is 1.89 bits per heavy atom. The van der Waals surface area contributed by atoms with Gasteiger partial charge in [0.2, 0.25) is 5.91 Å². The van der Waals surface area contributed by atoms with Gasteiger partial charge in [0.05, 0.1) is 6.42 Å². The van der Waals surface area contributed by atoms with Crippen molar-refractivity contribution in [3.05, 3.63) is 35.5 Å². The summed E-state index contributed by atoms with van der Waals surface area (Å²) in [5, 5.41) is 1.12. The highest BCUT2D eigenvalue weighted by Crippen LogP contribution is 2.23. The minimum Gasteiger partial charge on any atom is -0.368 e. The Kier molecular flexibility index (Phi) is 5.16. The molecule has 1 aromatic carbocycles. The number of benzene rings is 1.